The number of H-pyrrole nitrogens is 1. The Morgan fingerprint density at radius 2 is 1.96 bits per heavy atom. The first kappa shape index (κ1) is 16.6. The molecule has 0 saturated carbocycles. The lowest BCUT2D eigenvalue weighted by molar-refractivity contribution is -0.114. The summed E-state index contributed by atoms with van der Waals surface area (Å²) in [5.74, 6) is -1.46. The van der Waals surface area contributed by atoms with Gasteiger partial charge < -0.3 is 15.6 Å². The first-order chi connectivity index (χ1) is 11.9. The number of hydrogen-bond acceptors (Lipinski definition) is 3. The number of carbonyl (C=O) groups is 2. The zero-order valence-electron chi connectivity index (χ0n) is 13.2. The average Bonchev–Trinajstić information content (AvgIpc) is 2.96. The number of halogens is 2. The molecule has 0 radical (unpaired) electrons. The first-order valence-electron chi connectivity index (χ1n) is 7.42. The normalized spacial score (nSPS) is 10.7. The molecule has 0 spiro atoms. The van der Waals surface area contributed by atoms with Crippen LogP contribution < -0.4 is 10.6 Å². The molecule has 0 unspecified atom stereocenters. The maximum Gasteiger partial charge on any atom is 0.251 e. The lowest BCUT2D eigenvalue weighted by Gasteiger charge is -2.07. The van der Waals surface area contributed by atoms with Crippen LogP contribution in [0.2, 0.25) is 0 Å². The summed E-state index contributed by atoms with van der Waals surface area (Å²) >= 11 is 0. The Kier molecular flexibility index (Phi) is 4.42. The smallest absolute Gasteiger partial charge is 0.251 e. The molecule has 2 amide bonds. The molecule has 1 aromatic heterocycles. The first-order valence-corrected chi connectivity index (χ1v) is 7.42. The lowest BCUT2D eigenvalue weighted by Crippen LogP contribution is -2.23. The molecule has 6 nitrogen and oxygen atoms in total. The van der Waals surface area contributed by atoms with Gasteiger partial charge in [-0.05, 0) is 36.4 Å². The highest BCUT2D eigenvalue weighted by atomic mass is 19.1. The van der Waals surface area contributed by atoms with Gasteiger partial charge in [-0.25, -0.2) is 13.8 Å². The monoisotopic (exact) mass is 344 g/mol. The van der Waals surface area contributed by atoms with Crippen LogP contribution >= 0.6 is 0 Å². The number of imidazole rings is 1. The van der Waals surface area contributed by atoms with Crippen molar-refractivity contribution in [1.82, 2.24) is 15.3 Å². The average molecular weight is 344 g/mol. The van der Waals surface area contributed by atoms with Crippen molar-refractivity contribution in [3.63, 3.8) is 0 Å². The van der Waals surface area contributed by atoms with Crippen molar-refractivity contribution >= 4 is 28.5 Å². The van der Waals surface area contributed by atoms with E-state index in [0.717, 1.165) is 6.07 Å². The highest BCUT2D eigenvalue weighted by Crippen LogP contribution is 2.17. The van der Waals surface area contributed by atoms with Crippen LogP contribution in [-0.4, -0.2) is 21.8 Å². The summed E-state index contributed by atoms with van der Waals surface area (Å²) in [6.07, 6.45) is 0. The molecular formula is C17H14F2N4O2. The van der Waals surface area contributed by atoms with Gasteiger partial charge in [0.2, 0.25) is 5.91 Å². The fourth-order valence-electron chi connectivity index (χ4n) is 2.34. The van der Waals surface area contributed by atoms with Crippen molar-refractivity contribution < 1.29 is 18.4 Å². The van der Waals surface area contributed by atoms with Crippen molar-refractivity contribution in [3.8, 4) is 0 Å². The van der Waals surface area contributed by atoms with Gasteiger partial charge in [-0.1, -0.05) is 0 Å². The van der Waals surface area contributed by atoms with Crippen molar-refractivity contribution in [2.24, 2.45) is 0 Å². The molecule has 0 aliphatic heterocycles. The highest BCUT2D eigenvalue weighted by molar-refractivity contribution is 5.96. The number of aromatic amines is 1. The minimum Gasteiger partial charge on any atom is -0.345 e. The van der Waals surface area contributed by atoms with Crippen molar-refractivity contribution in [3.05, 3.63) is 59.4 Å². The number of anilines is 1. The maximum absolute atomic E-state index is 13.6. The number of nitrogens with zero attached hydrogens (tertiary/aromatic N) is 1. The lowest BCUT2D eigenvalue weighted by atomic mass is 10.1. The molecule has 3 aromatic rings. The van der Waals surface area contributed by atoms with E-state index < -0.39 is 17.6 Å². The van der Waals surface area contributed by atoms with Crippen LogP contribution in [0, 0.1) is 11.6 Å². The molecule has 8 heteroatoms. The number of fused-ring (bicyclic) bond motifs is 1. The SMILES string of the molecule is CC(=O)Nc1cc(C(=O)NCc2nc3ccc(F)cc3[nH]2)ccc1F. The third-order valence-electron chi connectivity index (χ3n) is 3.45. The molecule has 1 heterocycles. The quantitative estimate of drug-likeness (QED) is 0.680. The van der Waals surface area contributed by atoms with Crippen molar-refractivity contribution in [1.29, 1.82) is 0 Å². The molecule has 25 heavy (non-hydrogen) atoms. The van der Waals surface area contributed by atoms with E-state index in [4.69, 9.17) is 0 Å². The van der Waals surface area contributed by atoms with Gasteiger partial charge in [0.1, 0.15) is 17.5 Å². The van der Waals surface area contributed by atoms with Gasteiger partial charge in [-0.3, -0.25) is 9.59 Å². The predicted molar refractivity (Wildman–Crippen MR) is 87.9 cm³/mol. The van der Waals surface area contributed by atoms with E-state index in [1.807, 2.05) is 0 Å². The van der Waals surface area contributed by atoms with Crippen LogP contribution in [-0.2, 0) is 11.3 Å². The molecule has 0 aliphatic carbocycles. The Balaban J connectivity index is 1.72. The van der Waals surface area contributed by atoms with Gasteiger partial charge >= 0.3 is 0 Å². The van der Waals surface area contributed by atoms with Crippen LogP contribution in [0.1, 0.15) is 23.1 Å². The summed E-state index contributed by atoms with van der Waals surface area (Å²) in [5.41, 5.74) is 1.23. The molecule has 0 bridgehead atoms. The number of amides is 2. The zero-order valence-corrected chi connectivity index (χ0v) is 13.2. The summed E-state index contributed by atoms with van der Waals surface area (Å²) in [5, 5.41) is 4.95. The standard InChI is InChI=1S/C17H14F2N4O2/c1-9(24)21-14-6-10(2-4-12(14)19)17(25)20-8-16-22-13-5-3-11(18)7-15(13)23-16/h2-7H,8H2,1H3,(H,20,25)(H,21,24)(H,22,23). The van der Waals surface area contributed by atoms with Crippen molar-refractivity contribution in [2.45, 2.75) is 13.5 Å². The number of nitrogens with one attached hydrogen (secondary N) is 3. The van der Waals surface area contributed by atoms with E-state index >= 15 is 0 Å². The zero-order chi connectivity index (χ0) is 18.0. The molecule has 2 aromatic carbocycles. The number of carbonyl (C=O) groups excluding carboxylic acids is 2. The Labute approximate surface area is 141 Å². The van der Waals surface area contributed by atoms with Gasteiger partial charge in [-0.2, -0.15) is 0 Å². The fourth-order valence-corrected chi connectivity index (χ4v) is 2.34. The van der Waals surface area contributed by atoms with Crippen LogP contribution in [0.5, 0.6) is 0 Å². The number of benzene rings is 2. The largest absolute Gasteiger partial charge is 0.345 e. The van der Waals surface area contributed by atoms with E-state index in [-0.39, 0.29) is 23.6 Å². The van der Waals surface area contributed by atoms with Gasteiger partial charge in [0.05, 0.1) is 23.3 Å². The van der Waals surface area contributed by atoms with Crippen LogP contribution in [0.4, 0.5) is 14.5 Å². The summed E-state index contributed by atoms with van der Waals surface area (Å²) in [6, 6.07) is 7.81. The minimum absolute atomic E-state index is 0.0700. The molecule has 0 aliphatic rings. The second kappa shape index (κ2) is 6.68. The molecule has 3 rings (SSSR count). The van der Waals surface area contributed by atoms with Gasteiger partial charge in [-0.15, -0.1) is 0 Å². The predicted octanol–water partition coefficient (Wildman–Crippen LogP) is 2.73. The Morgan fingerprint density at radius 1 is 1.16 bits per heavy atom. The molecule has 0 fully saturated rings. The third-order valence-corrected chi connectivity index (χ3v) is 3.45. The summed E-state index contributed by atoms with van der Waals surface area (Å²) in [7, 11) is 0. The number of hydrogen-bond donors (Lipinski definition) is 3. The Morgan fingerprint density at radius 3 is 2.72 bits per heavy atom. The highest BCUT2D eigenvalue weighted by Gasteiger charge is 2.12. The molecular weight excluding hydrogens is 330 g/mol. The topological polar surface area (TPSA) is 86.9 Å². The van der Waals surface area contributed by atoms with E-state index in [0.29, 0.717) is 16.9 Å². The molecule has 128 valence electrons. The third kappa shape index (κ3) is 3.79. The van der Waals surface area contributed by atoms with Crippen LogP contribution in [0.15, 0.2) is 36.4 Å². The molecule has 0 saturated heterocycles. The van der Waals surface area contributed by atoms with Gasteiger partial charge in [0.15, 0.2) is 0 Å². The number of aromatic nitrogens is 2. The van der Waals surface area contributed by atoms with Gasteiger partial charge in [0.25, 0.3) is 5.91 Å². The van der Waals surface area contributed by atoms with E-state index in [1.165, 1.54) is 37.3 Å². The number of rotatable bonds is 4. The Bertz CT molecular complexity index is 968. The second-order valence-corrected chi connectivity index (χ2v) is 5.40. The second-order valence-electron chi connectivity index (χ2n) is 5.40. The minimum atomic E-state index is -0.633. The van der Waals surface area contributed by atoms with E-state index in [1.54, 1.807) is 0 Å². The van der Waals surface area contributed by atoms with Crippen molar-refractivity contribution in [2.75, 3.05) is 5.32 Å². The van der Waals surface area contributed by atoms with Gasteiger partial charge in [0, 0.05) is 12.5 Å². The molecule has 0 atom stereocenters. The van der Waals surface area contributed by atoms with E-state index in [9.17, 15) is 18.4 Å². The maximum atomic E-state index is 13.6. The summed E-state index contributed by atoms with van der Waals surface area (Å²) in [6.45, 7) is 1.33. The van der Waals surface area contributed by atoms with E-state index in [2.05, 4.69) is 20.6 Å². The molecule has 3 N–H and O–H groups in total. The van der Waals surface area contributed by atoms with Crippen LogP contribution in [0.25, 0.3) is 11.0 Å². The van der Waals surface area contributed by atoms with Crippen LogP contribution in [0.3, 0.4) is 0 Å². The summed E-state index contributed by atoms with van der Waals surface area (Å²) < 4.78 is 26.8. The summed E-state index contributed by atoms with van der Waals surface area (Å²) in [4.78, 5) is 30.4. The Hall–Kier alpha value is -3.29. The fraction of sp³-hybridized carbons (Fsp3) is 0.118.